The summed E-state index contributed by atoms with van der Waals surface area (Å²) in [4.78, 5) is 0. The number of hydrogen-bond donors (Lipinski definition) is 0. The van der Waals surface area contributed by atoms with Gasteiger partial charge in [-0.1, -0.05) is 0 Å². The molecule has 0 spiro atoms. The summed E-state index contributed by atoms with van der Waals surface area (Å²) >= 11 is 7.54. The van der Waals surface area contributed by atoms with Crippen molar-refractivity contribution in [2.45, 2.75) is 0 Å². The van der Waals surface area contributed by atoms with E-state index >= 15 is 0 Å². The van der Waals surface area contributed by atoms with Crippen LogP contribution in [0.3, 0.4) is 0 Å². The molecule has 0 bridgehead atoms. The third-order valence-corrected chi connectivity index (χ3v) is 0.556. The third kappa shape index (κ3) is 13.4. The van der Waals surface area contributed by atoms with E-state index in [9.17, 15) is 0 Å². The van der Waals surface area contributed by atoms with Crippen LogP contribution in [0.1, 0.15) is 0 Å². The van der Waals surface area contributed by atoms with Gasteiger partial charge in [0, 0.05) is 0 Å². The van der Waals surface area contributed by atoms with Crippen LogP contribution in [0.2, 0.25) is 0 Å². The Morgan fingerprint density at radius 3 is 1.44 bits per heavy atom. The molecule has 0 aliphatic heterocycles. The van der Waals surface area contributed by atoms with Crippen LogP contribution in [0.25, 0.3) is 0 Å². The van der Waals surface area contributed by atoms with Gasteiger partial charge in [-0.15, -0.1) is 0 Å². The first kappa shape index (κ1) is 11.4. The molecule has 0 fully saturated rings. The third-order valence-electron chi connectivity index (χ3n) is 0.556. The largest absolute Gasteiger partial charge is 0.214 e. The zero-order valence-corrected chi connectivity index (χ0v) is 13.5. The zero-order valence-electron chi connectivity index (χ0n) is 4.52. The SMILES string of the molecule is [I][Zr]([I])[I].c1cc[cH-]c1. The fraction of sp³-hybridized carbons (Fsp3) is 0. The van der Waals surface area contributed by atoms with Crippen molar-refractivity contribution in [3.63, 3.8) is 0 Å². The van der Waals surface area contributed by atoms with Crippen molar-refractivity contribution in [2.75, 3.05) is 0 Å². The van der Waals surface area contributed by atoms with E-state index in [4.69, 9.17) is 0 Å². The smallest absolute Gasteiger partial charge is 0.172 e. The second-order valence-electron chi connectivity index (χ2n) is 1.18. The molecule has 0 saturated carbocycles. The summed E-state index contributed by atoms with van der Waals surface area (Å²) in [6, 6.07) is 10.0. The van der Waals surface area contributed by atoms with Crippen molar-refractivity contribution in [3.8, 4) is 0 Å². The topological polar surface area (TPSA) is 0 Å². The van der Waals surface area contributed by atoms with Crippen molar-refractivity contribution in [1.82, 2.24) is 0 Å². The molecular formula is C5H5I3Zr-. The van der Waals surface area contributed by atoms with E-state index in [2.05, 4.69) is 54.1 Å². The van der Waals surface area contributed by atoms with Gasteiger partial charge < -0.3 is 0 Å². The van der Waals surface area contributed by atoms with Gasteiger partial charge >= 0.3 is 63.3 Å². The quantitative estimate of drug-likeness (QED) is 0.347. The van der Waals surface area contributed by atoms with Crippen LogP contribution in [0, 0.1) is 0 Å². The Morgan fingerprint density at radius 2 is 1.33 bits per heavy atom. The van der Waals surface area contributed by atoms with Crippen molar-refractivity contribution in [1.29, 1.82) is 0 Å². The molecule has 0 unspecified atom stereocenters. The molecule has 0 aliphatic rings. The summed E-state index contributed by atoms with van der Waals surface area (Å²) in [5.41, 5.74) is 0. The van der Waals surface area contributed by atoms with Crippen LogP contribution in [0.4, 0.5) is 0 Å². The fourth-order valence-corrected chi connectivity index (χ4v) is 0.321. The summed E-state index contributed by atoms with van der Waals surface area (Å²) in [6.07, 6.45) is 0. The van der Waals surface area contributed by atoms with Crippen LogP contribution in [0.5, 0.6) is 0 Å². The van der Waals surface area contributed by atoms with Crippen molar-refractivity contribution in [2.24, 2.45) is 0 Å². The van der Waals surface area contributed by atoms with Gasteiger partial charge in [0.05, 0.1) is 0 Å². The second-order valence-corrected chi connectivity index (χ2v) is 58.0. The Kier molecular flexibility index (Phi) is 10.8. The molecule has 1 aromatic carbocycles. The van der Waals surface area contributed by atoms with E-state index in [0.717, 1.165) is 0 Å². The molecule has 0 radical (unpaired) electrons. The molecule has 0 heterocycles. The number of halogens is 3. The van der Waals surface area contributed by atoms with Crippen LogP contribution in [0.15, 0.2) is 30.3 Å². The van der Waals surface area contributed by atoms with E-state index < -0.39 is 9.18 Å². The maximum absolute atomic E-state index is 2.51. The minimum Gasteiger partial charge on any atom is -0.214 e. The molecule has 0 saturated heterocycles. The molecule has 51 valence electrons. The Balaban J connectivity index is 0.000000148. The van der Waals surface area contributed by atoms with Gasteiger partial charge in [0.1, 0.15) is 0 Å². The Hall–Kier alpha value is 2.42. The van der Waals surface area contributed by atoms with Gasteiger partial charge in [-0.25, -0.2) is 12.1 Å². The van der Waals surface area contributed by atoms with Crippen LogP contribution in [-0.2, 0) is 9.18 Å². The fourth-order valence-electron chi connectivity index (χ4n) is 0.321. The molecule has 0 N–H and O–H groups in total. The summed E-state index contributed by atoms with van der Waals surface area (Å²) < 4.78 is 0. The summed E-state index contributed by atoms with van der Waals surface area (Å²) in [5, 5.41) is 0. The first-order valence-corrected chi connectivity index (χ1v) is 24.2. The first-order valence-electron chi connectivity index (χ1n) is 2.23. The van der Waals surface area contributed by atoms with Crippen LogP contribution in [-0.4, -0.2) is 0 Å². The molecule has 0 nitrogen and oxygen atoms in total. The van der Waals surface area contributed by atoms with E-state index in [1.807, 2.05) is 30.3 Å². The molecule has 0 aromatic heterocycles. The first-order chi connectivity index (χ1) is 4.23. The van der Waals surface area contributed by atoms with Gasteiger partial charge in [0.15, 0.2) is 0 Å². The molecule has 1 rings (SSSR count). The minimum atomic E-state index is -0.633. The Morgan fingerprint density at radius 1 is 1.00 bits per heavy atom. The van der Waals surface area contributed by atoms with E-state index in [1.54, 1.807) is 0 Å². The molecule has 4 heteroatoms. The maximum atomic E-state index is 2.51. The number of hydrogen-bond acceptors (Lipinski definition) is 0. The predicted octanol–water partition coefficient (Wildman–Crippen LogP) is 4.06. The zero-order chi connectivity index (χ0) is 7.11. The molecule has 0 aliphatic carbocycles. The van der Waals surface area contributed by atoms with Crippen LogP contribution >= 0.6 is 54.1 Å². The summed E-state index contributed by atoms with van der Waals surface area (Å²) in [5.74, 6) is 0. The van der Waals surface area contributed by atoms with Gasteiger partial charge in [-0.3, -0.25) is 0 Å². The van der Waals surface area contributed by atoms with E-state index in [1.165, 1.54) is 0 Å². The van der Waals surface area contributed by atoms with Crippen molar-refractivity contribution in [3.05, 3.63) is 30.3 Å². The molecule has 9 heavy (non-hydrogen) atoms. The monoisotopic (exact) mass is 536 g/mol. The normalized spacial score (nSPS) is 7.44. The van der Waals surface area contributed by atoms with Gasteiger partial charge in [0.25, 0.3) is 0 Å². The molecule has 0 atom stereocenters. The Bertz CT molecular complexity index is 95.8. The minimum absolute atomic E-state index is 0.633. The van der Waals surface area contributed by atoms with Gasteiger partial charge in [-0.2, -0.15) is 18.2 Å². The maximum Gasteiger partial charge on any atom is -0.172 e. The summed E-state index contributed by atoms with van der Waals surface area (Å²) in [6.45, 7) is 0. The van der Waals surface area contributed by atoms with Crippen molar-refractivity contribution < 1.29 is 9.18 Å². The van der Waals surface area contributed by atoms with E-state index in [-0.39, 0.29) is 0 Å². The van der Waals surface area contributed by atoms with Gasteiger partial charge in [0.2, 0.25) is 0 Å². The van der Waals surface area contributed by atoms with Crippen molar-refractivity contribution >= 4 is 54.1 Å². The predicted molar refractivity (Wildman–Crippen MR) is 64.1 cm³/mol. The Labute approximate surface area is 91.3 Å². The van der Waals surface area contributed by atoms with Crippen LogP contribution < -0.4 is 0 Å². The second kappa shape index (κ2) is 8.52. The van der Waals surface area contributed by atoms with E-state index in [0.29, 0.717) is 0 Å². The number of rotatable bonds is 0. The summed E-state index contributed by atoms with van der Waals surface area (Å²) in [7, 11) is -0.633. The standard InChI is InChI=1S/C5H5.3HI.Zr/c1-2-4-5-3-1;;;;/h1-5H;3*1H;/q-1;;;;+3/p-3. The average Bonchev–Trinajstić information content (AvgIpc) is 2.11. The molecular weight excluding hydrogens is 532 g/mol. The molecule has 0 amide bonds. The molecule has 1 aromatic rings. The average molecular weight is 537 g/mol. The van der Waals surface area contributed by atoms with Gasteiger partial charge in [-0.05, 0) is 0 Å².